The topological polar surface area (TPSA) is 112 Å². The van der Waals surface area contributed by atoms with Crippen molar-refractivity contribution in [3.05, 3.63) is 24.0 Å². The van der Waals surface area contributed by atoms with Gasteiger partial charge in [-0.15, -0.1) is 0 Å². The zero-order valence-corrected chi connectivity index (χ0v) is 10.5. The number of nitrogens with zero attached hydrogens (tertiary/aromatic N) is 2. The maximum atomic E-state index is 11.8. The standard InChI is InChI=1S/C10H12N4O3S/c1-2-12-10(15)7-14-18(16,17)9-4-3-5-13-8(9)6-11/h3-5,14H,2,7H2,1H3,(H,12,15). The van der Waals surface area contributed by atoms with E-state index in [0.717, 1.165) is 0 Å². The molecule has 0 unspecified atom stereocenters. The fraction of sp³-hybridized carbons (Fsp3) is 0.300. The summed E-state index contributed by atoms with van der Waals surface area (Å²) in [5.41, 5.74) is -0.208. The highest BCUT2D eigenvalue weighted by Gasteiger charge is 2.19. The second-order valence-electron chi connectivity index (χ2n) is 3.24. The first-order valence-electron chi connectivity index (χ1n) is 5.12. The lowest BCUT2D eigenvalue weighted by Crippen LogP contribution is -2.37. The molecule has 0 aromatic carbocycles. The first kappa shape index (κ1) is 14.1. The maximum Gasteiger partial charge on any atom is 0.243 e. The summed E-state index contributed by atoms with van der Waals surface area (Å²) >= 11 is 0. The van der Waals surface area contributed by atoms with Gasteiger partial charge in [-0.3, -0.25) is 4.79 Å². The number of pyridine rings is 1. The Labute approximate surface area is 105 Å². The van der Waals surface area contributed by atoms with Crippen LogP contribution in [0.5, 0.6) is 0 Å². The Hall–Kier alpha value is -1.98. The van der Waals surface area contributed by atoms with Gasteiger partial charge in [0.25, 0.3) is 0 Å². The average Bonchev–Trinajstić information content (AvgIpc) is 2.37. The van der Waals surface area contributed by atoms with Gasteiger partial charge in [-0.05, 0) is 19.1 Å². The van der Waals surface area contributed by atoms with E-state index >= 15 is 0 Å². The third-order valence-corrected chi connectivity index (χ3v) is 3.40. The fourth-order valence-corrected chi connectivity index (χ4v) is 2.28. The van der Waals surface area contributed by atoms with Crippen molar-refractivity contribution < 1.29 is 13.2 Å². The van der Waals surface area contributed by atoms with E-state index in [9.17, 15) is 13.2 Å². The fourth-order valence-electron chi connectivity index (χ4n) is 1.19. The molecule has 8 heteroatoms. The van der Waals surface area contributed by atoms with E-state index < -0.39 is 15.9 Å². The molecular formula is C10H12N4O3S. The molecule has 0 aliphatic rings. The number of nitrogens with one attached hydrogen (secondary N) is 2. The minimum Gasteiger partial charge on any atom is -0.355 e. The first-order valence-corrected chi connectivity index (χ1v) is 6.61. The van der Waals surface area contributed by atoms with Crippen molar-refractivity contribution in [1.82, 2.24) is 15.0 Å². The number of hydrogen-bond acceptors (Lipinski definition) is 5. The van der Waals surface area contributed by atoms with E-state index in [1.807, 2.05) is 0 Å². The van der Waals surface area contributed by atoms with E-state index in [0.29, 0.717) is 6.54 Å². The highest BCUT2D eigenvalue weighted by molar-refractivity contribution is 7.89. The minimum atomic E-state index is -3.91. The van der Waals surface area contributed by atoms with E-state index in [-0.39, 0.29) is 17.1 Å². The van der Waals surface area contributed by atoms with Crippen LogP contribution in [-0.2, 0) is 14.8 Å². The zero-order valence-electron chi connectivity index (χ0n) is 9.67. The molecule has 1 rings (SSSR count). The molecule has 1 heterocycles. The van der Waals surface area contributed by atoms with Gasteiger partial charge in [-0.25, -0.2) is 18.1 Å². The first-order chi connectivity index (χ1) is 8.51. The molecule has 0 spiro atoms. The van der Waals surface area contributed by atoms with E-state index in [1.54, 1.807) is 13.0 Å². The Morgan fingerprint density at radius 2 is 2.28 bits per heavy atom. The van der Waals surface area contributed by atoms with Crippen LogP contribution < -0.4 is 10.0 Å². The van der Waals surface area contributed by atoms with Crippen LogP contribution >= 0.6 is 0 Å². The van der Waals surface area contributed by atoms with Crippen LogP contribution in [0.1, 0.15) is 12.6 Å². The molecule has 1 aromatic rings. The number of likely N-dealkylation sites (N-methyl/N-ethyl adjacent to an activating group) is 1. The lowest BCUT2D eigenvalue weighted by molar-refractivity contribution is -0.119. The quantitative estimate of drug-likeness (QED) is 0.738. The van der Waals surface area contributed by atoms with Gasteiger partial charge in [0.05, 0.1) is 6.54 Å². The largest absolute Gasteiger partial charge is 0.355 e. The van der Waals surface area contributed by atoms with E-state index in [1.165, 1.54) is 18.3 Å². The van der Waals surface area contributed by atoms with Crippen molar-refractivity contribution in [3.8, 4) is 6.07 Å². The molecule has 0 bridgehead atoms. The van der Waals surface area contributed by atoms with Crippen molar-refractivity contribution >= 4 is 15.9 Å². The third kappa shape index (κ3) is 3.51. The molecule has 0 saturated heterocycles. The van der Waals surface area contributed by atoms with Crippen LogP contribution in [0.3, 0.4) is 0 Å². The van der Waals surface area contributed by atoms with Gasteiger partial charge < -0.3 is 5.32 Å². The minimum absolute atomic E-state index is 0.208. The normalized spacial score (nSPS) is 10.7. The van der Waals surface area contributed by atoms with Crippen LogP contribution in [0.25, 0.3) is 0 Å². The molecule has 18 heavy (non-hydrogen) atoms. The van der Waals surface area contributed by atoms with Gasteiger partial charge in [0.2, 0.25) is 15.9 Å². The monoisotopic (exact) mass is 268 g/mol. The van der Waals surface area contributed by atoms with Gasteiger partial charge in [0.1, 0.15) is 11.0 Å². The number of sulfonamides is 1. The van der Waals surface area contributed by atoms with Crippen molar-refractivity contribution in [2.24, 2.45) is 0 Å². The molecule has 2 N–H and O–H groups in total. The predicted octanol–water partition coefficient (Wildman–Crippen LogP) is -0.632. The molecule has 0 aliphatic carbocycles. The van der Waals surface area contributed by atoms with Gasteiger partial charge in [-0.1, -0.05) is 0 Å². The Morgan fingerprint density at radius 1 is 1.56 bits per heavy atom. The SMILES string of the molecule is CCNC(=O)CNS(=O)(=O)c1cccnc1C#N. The number of nitriles is 1. The lowest BCUT2D eigenvalue weighted by atomic mass is 10.4. The number of carbonyl (C=O) groups is 1. The van der Waals surface area contributed by atoms with Crippen molar-refractivity contribution in [2.45, 2.75) is 11.8 Å². The van der Waals surface area contributed by atoms with Crippen LogP contribution in [0.15, 0.2) is 23.2 Å². The number of amides is 1. The molecule has 0 aliphatic heterocycles. The number of aromatic nitrogens is 1. The Balaban J connectivity index is 2.88. The van der Waals surface area contributed by atoms with Crippen LogP contribution in [0.2, 0.25) is 0 Å². The molecule has 0 radical (unpaired) electrons. The summed E-state index contributed by atoms with van der Waals surface area (Å²) in [6.07, 6.45) is 1.32. The Bertz CT molecular complexity index is 577. The van der Waals surface area contributed by atoms with Gasteiger partial charge >= 0.3 is 0 Å². The van der Waals surface area contributed by atoms with Crippen LogP contribution in [0.4, 0.5) is 0 Å². The number of rotatable bonds is 5. The number of hydrogen-bond donors (Lipinski definition) is 2. The van der Waals surface area contributed by atoms with Gasteiger partial charge in [-0.2, -0.15) is 5.26 Å². The summed E-state index contributed by atoms with van der Waals surface area (Å²) in [7, 11) is -3.91. The van der Waals surface area contributed by atoms with E-state index in [2.05, 4.69) is 15.0 Å². The summed E-state index contributed by atoms with van der Waals surface area (Å²) in [5.74, 6) is -0.441. The molecule has 96 valence electrons. The van der Waals surface area contributed by atoms with Crippen molar-refractivity contribution in [1.29, 1.82) is 5.26 Å². The Morgan fingerprint density at radius 3 is 2.89 bits per heavy atom. The molecule has 0 atom stereocenters. The van der Waals surface area contributed by atoms with Crippen molar-refractivity contribution in [2.75, 3.05) is 13.1 Å². The molecular weight excluding hydrogens is 256 g/mol. The molecule has 7 nitrogen and oxygen atoms in total. The summed E-state index contributed by atoms with van der Waals surface area (Å²) in [6, 6.07) is 4.34. The van der Waals surface area contributed by atoms with Crippen LogP contribution in [-0.4, -0.2) is 32.4 Å². The highest BCUT2D eigenvalue weighted by atomic mass is 32.2. The highest BCUT2D eigenvalue weighted by Crippen LogP contribution is 2.11. The molecule has 1 aromatic heterocycles. The van der Waals surface area contributed by atoms with Crippen LogP contribution in [0, 0.1) is 11.3 Å². The second kappa shape index (κ2) is 6.09. The van der Waals surface area contributed by atoms with Gasteiger partial charge in [0, 0.05) is 12.7 Å². The molecule has 0 fully saturated rings. The third-order valence-electron chi connectivity index (χ3n) is 1.96. The Kier molecular flexibility index (Phi) is 4.76. The summed E-state index contributed by atoms with van der Waals surface area (Å²) in [6.45, 7) is 1.76. The summed E-state index contributed by atoms with van der Waals surface area (Å²) in [4.78, 5) is 14.6. The predicted molar refractivity (Wildman–Crippen MR) is 62.8 cm³/mol. The van der Waals surface area contributed by atoms with Gasteiger partial charge in [0.15, 0.2) is 5.69 Å². The second-order valence-corrected chi connectivity index (χ2v) is 4.98. The molecule has 0 saturated carbocycles. The van der Waals surface area contributed by atoms with Crippen molar-refractivity contribution in [3.63, 3.8) is 0 Å². The summed E-state index contributed by atoms with van der Waals surface area (Å²) in [5, 5.41) is 11.2. The average molecular weight is 268 g/mol. The maximum absolute atomic E-state index is 11.8. The van der Waals surface area contributed by atoms with E-state index in [4.69, 9.17) is 5.26 Å². The molecule has 1 amide bonds. The zero-order chi connectivity index (χ0) is 13.6. The number of carbonyl (C=O) groups excluding carboxylic acids is 1. The lowest BCUT2D eigenvalue weighted by Gasteiger charge is -2.07. The summed E-state index contributed by atoms with van der Waals surface area (Å²) < 4.78 is 25.8. The smallest absolute Gasteiger partial charge is 0.243 e.